The summed E-state index contributed by atoms with van der Waals surface area (Å²) in [6, 6.07) is 18.1. The minimum atomic E-state index is -0.351. The highest BCUT2D eigenvalue weighted by Gasteiger charge is 2.22. The van der Waals surface area contributed by atoms with Crippen LogP contribution in [-0.2, 0) is 20.7 Å². The van der Waals surface area contributed by atoms with Gasteiger partial charge in [0.15, 0.2) is 0 Å². The standard InChI is InChI=1S/C26H37N5O3/c1-3-34-26(33)19(2)17-23(30-25(32)14-13-24(28)31(29)16-15-27)18-20-9-11-22(12-10-20)21-7-5-4-6-8-21/h4-12,19,23,28H,3,13-18,27,29H2,1-2H3,(H,30,32)/t19-,23?/m1/s1. The van der Waals surface area contributed by atoms with Gasteiger partial charge in [0.05, 0.1) is 12.5 Å². The minimum Gasteiger partial charge on any atom is -0.466 e. The van der Waals surface area contributed by atoms with Crippen LogP contribution in [0.4, 0.5) is 0 Å². The van der Waals surface area contributed by atoms with Gasteiger partial charge >= 0.3 is 5.97 Å². The van der Waals surface area contributed by atoms with Crippen molar-refractivity contribution in [2.45, 2.75) is 45.6 Å². The molecule has 2 rings (SSSR count). The van der Waals surface area contributed by atoms with Crippen LogP contribution >= 0.6 is 0 Å². The zero-order valence-electron chi connectivity index (χ0n) is 20.1. The summed E-state index contributed by atoms with van der Waals surface area (Å²) in [6.45, 7) is 4.60. The summed E-state index contributed by atoms with van der Waals surface area (Å²) in [4.78, 5) is 24.8. The molecule has 0 aromatic heterocycles. The van der Waals surface area contributed by atoms with E-state index in [4.69, 9.17) is 21.7 Å². The van der Waals surface area contributed by atoms with E-state index in [0.717, 1.165) is 16.7 Å². The Morgan fingerprint density at radius 2 is 1.71 bits per heavy atom. The van der Waals surface area contributed by atoms with Crippen LogP contribution in [0.3, 0.4) is 0 Å². The Labute approximate surface area is 202 Å². The Balaban J connectivity index is 2.04. The number of rotatable bonds is 13. The maximum absolute atomic E-state index is 12.6. The third-order valence-corrected chi connectivity index (χ3v) is 5.54. The number of hydrazine groups is 1. The number of hydrogen-bond acceptors (Lipinski definition) is 6. The molecule has 1 amide bonds. The fraction of sp³-hybridized carbons (Fsp3) is 0.423. The number of ether oxygens (including phenoxy) is 1. The summed E-state index contributed by atoms with van der Waals surface area (Å²) >= 11 is 0. The van der Waals surface area contributed by atoms with Crippen LogP contribution in [0.1, 0.15) is 38.7 Å². The van der Waals surface area contributed by atoms with Gasteiger partial charge in [0.25, 0.3) is 0 Å². The number of nitrogens with two attached hydrogens (primary N) is 2. The van der Waals surface area contributed by atoms with Crippen molar-refractivity contribution in [2.24, 2.45) is 17.5 Å². The molecule has 0 aliphatic rings. The molecule has 184 valence electrons. The highest BCUT2D eigenvalue weighted by Crippen LogP contribution is 2.21. The molecule has 8 heteroatoms. The van der Waals surface area contributed by atoms with E-state index in [1.165, 1.54) is 5.01 Å². The van der Waals surface area contributed by atoms with Crippen LogP contribution in [0.5, 0.6) is 0 Å². The van der Waals surface area contributed by atoms with Gasteiger partial charge in [-0.1, -0.05) is 61.5 Å². The fourth-order valence-electron chi connectivity index (χ4n) is 3.70. The largest absolute Gasteiger partial charge is 0.466 e. The van der Waals surface area contributed by atoms with Crippen molar-refractivity contribution >= 4 is 17.7 Å². The van der Waals surface area contributed by atoms with E-state index < -0.39 is 0 Å². The molecular formula is C26H37N5O3. The topological polar surface area (TPSA) is 135 Å². The number of nitrogens with zero attached hydrogens (tertiary/aromatic N) is 1. The van der Waals surface area contributed by atoms with Gasteiger partial charge in [-0.05, 0) is 36.5 Å². The van der Waals surface area contributed by atoms with E-state index in [0.29, 0.717) is 32.5 Å². The molecule has 34 heavy (non-hydrogen) atoms. The Morgan fingerprint density at radius 3 is 2.32 bits per heavy atom. The normalized spacial score (nSPS) is 12.5. The summed E-state index contributed by atoms with van der Waals surface area (Å²) in [5, 5.41) is 12.3. The molecule has 1 unspecified atom stereocenters. The van der Waals surface area contributed by atoms with Crippen LogP contribution in [0.25, 0.3) is 11.1 Å². The molecule has 6 N–H and O–H groups in total. The van der Waals surface area contributed by atoms with Crippen molar-refractivity contribution in [3.8, 4) is 11.1 Å². The second-order valence-electron chi connectivity index (χ2n) is 8.35. The summed E-state index contributed by atoms with van der Waals surface area (Å²) in [5.41, 5.74) is 8.78. The Hall–Kier alpha value is -3.23. The van der Waals surface area contributed by atoms with E-state index in [-0.39, 0.29) is 42.5 Å². The summed E-state index contributed by atoms with van der Waals surface area (Å²) in [6.07, 6.45) is 1.39. The van der Waals surface area contributed by atoms with E-state index in [2.05, 4.69) is 29.6 Å². The highest BCUT2D eigenvalue weighted by molar-refractivity contribution is 5.85. The smallest absolute Gasteiger partial charge is 0.308 e. The predicted octanol–water partition coefficient (Wildman–Crippen LogP) is 2.86. The molecule has 0 heterocycles. The summed E-state index contributed by atoms with van der Waals surface area (Å²) in [5.74, 6) is 5.09. The van der Waals surface area contributed by atoms with Gasteiger partial charge in [0, 0.05) is 32.0 Å². The van der Waals surface area contributed by atoms with Crippen LogP contribution in [0, 0.1) is 11.3 Å². The molecular weight excluding hydrogens is 430 g/mol. The lowest BCUT2D eigenvalue weighted by Crippen LogP contribution is -2.42. The third-order valence-electron chi connectivity index (χ3n) is 5.54. The van der Waals surface area contributed by atoms with Crippen LogP contribution in [0.15, 0.2) is 54.6 Å². The van der Waals surface area contributed by atoms with Crippen molar-refractivity contribution in [1.29, 1.82) is 5.41 Å². The number of nitrogens with one attached hydrogen (secondary N) is 2. The predicted molar refractivity (Wildman–Crippen MR) is 135 cm³/mol. The quantitative estimate of drug-likeness (QED) is 0.118. The van der Waals surface area contributed by atoms with E-state index >= 15 is 0 Å². The lowest BCUT2D eigenvalue weighted by Gasteiger charge is -2.23. The van der Waals surface area contributed by atoms with Crippen molar-refractivity contribution in [1.82, 2.24) is 10.3 Å². The number of amides is 1. The SMILES string of the molecule is CCOC(=O)[C@H](C)CC(Cc1ccc(-c2ccccc2)cc1)NC(=O)CCC(=N)N(N)CCN. The molecule has 0 saturated carbocycles. The molecule has 0 bridgehead atoms. The molecule has 0 saturated heterocycles. The first-order chi connectivity index (χ1) is 16.3. The van der Waals surface area contributed by atoms with Crippen molar-refractivity contribution in [3.63, 3.8) is 0 Å². The van der Waals surface area contributed by atoms with Crippen LogP contribution < -0.4 is 16.9 Å². The lowest BCUT2D eigenvalue weighted by molar-refractivity contribution is -0.148. The van der Waals surface area contributed by atoms with Crippen molar-refractivity contribution in [2.75, 3.05) is 19.7 Å². The average Bonchev–Trinajstić information content (AvgIpc) is 2.83. The lowest BCUT2D eigenvalue weighted by atomic mass is 9.94. The molecule has 2 aromatic carbocycles. The van der Waals surface area contributed by atoms with Gasteiger partial charge in [-0.15, -0.1) is 0 Å². The van der Waals surface area contributed by atoms with Crippen LogP contribution in [0.2, 0.25) is 0 Å². The molecule has 2 atom stereocenters. The van der Waals surface area contributed by atoms with Gasteiger partial charge < -0.3 is 15.8 Å². The first-order valence-electron chi connectivity index (χ1n) is 11.7. The number of carbonyl (C=O) groups is 2. The number of carbonyl (C=O) groups excluding carboxylic acids is 2. The Bertz CT molecular complexity index is 918. The van der Waals surface area contributed by atoms with E-state index in [1.807, 2.05) is 37.3 Å². The number of benzene rings is 2. The average molecular weight is 468 g/mol. The molecule has 8 nitrogen and oxygen atoms in total. The van der Waals surface area contributed by atoms with Crippen LogP contribution in [-0.4, -0.2) is 48.5 Å². The Kier molecular flexibility index (Phi) is 11.2. The maximum Gasteiger partial charge on any atom is 0.308 e. The van der Waals surface area contributed by atoms with Crippen molar-refractivity contribution < 1.29 is 14.3 Å². The number of hydrogen-bond donors (Lipinski definition) is 4. The molecule has 0 radical (unpaired) electrons. The molecule has 0 aliphatic heterocycles. The highest BCUT2D eigenvalue weighted by atomic mass is 16.5. The second kappa shape index (κ2) is 14.1. The van der Waals surface area contributed by atoms with Gasteiger partial charge in [0.1, 0.15) is 5.84 Å². The molecule has 0 spiro atoms. The zero-order chi connectivity index (χ0) is 24.9. The van der Waals surface area contributed by atoms with Gasteiger partial charge in [-0.2, -0.15) is 0 Å². The monoisotopic (exact) mass is 467 g/mol. The second-order valence-corrected chi connectivity index (χ2v) is 8.35. The Morgan fingerprint density at radius 1 is 1.06 bits per heavy atom. The fourth-order valence-corrected chi connectivity index (χ4v) is 3.70. The minimum absolute atomic E-state index is 0.133. The zero-order valence-corrected chi connectivity index (χ0v) is 20.1. The van der Waals surface area contributed by atoms with E-state index in [1.54, 1.807) is 6.92 Å². The van der Waals surface area contributed by atoms with Crippen molar-refractivity contribution in [3.05, 3.63) is 60.2 Å². The van der Waals surface area contributed by atoms with Gasteiger partial charge in [0.2, 0.25) is 5.91 Å². The van der Waals surface area contributed by atoms with Gasteiger partial charge in [-0.3, -0.25) is 20.0 Å². The maximum atomic E-state index is 12.6. The molecule has 2 aromatic rings. The third kappa shape index (κ3) is 8.96. The summed E-state index contributed by atoms with van der Waals surface area (Å²) in [7, 11) is 0. The van der Waals surface area contributed by atoms with Gasteiger partial charge in [-0.25, -0.2) is 5.84 Å². The first kappa shape index (κ1) is 27.0. The number of amidine groups is 1. The summed E-state index contributed by atoms with van der Waals surface area (Å²) < 4.78 is 5.14. The molecule has 0 fully saturated rings. The van der Waals surface area contributed by atoms with E-state index in [9.17, 15) is 9.59 Å². The first-order valence-corrected chi connectivity index (χ1v) is 11.7. The molecule has 0 aliphatic carbocycles. The number of esters is 1.